The van der Waals surface area contributed by atoms with Crippen molar-refractivity contribution in [3.8, 4) is 0 Å². The van der Waals surface area contributed by atoms with Gasteiger partial charge in [0.1, 0.15) is 0 Å². The van der Waals surface area contributed by atoms with Crippen LogP contribution in [0, 0.1) is 0 Å². The maximum Gasteiger partial charge on any atom is 0.312 e. The Morgan fingerprint density at radius 2 is 2.24 bits per heavy atom. The number of hydrogen-bond acceptors (Lipinski definition) is 3. The third kappa shape index (κ3) is 4.32. The van der Waals surface area contributed by atoms with E-state index in [9.17, 15) is 4.79 Å². The minimum Gasteiger partial charge on any atom is -0.466 e. The van der Waals surface area contributed by atoms with Gasteiger partial charge in [0, 0.05) is 17.8 Å². The minimum atomic E-state index is -0.314. The molecule has 0 fully saturated rings. The van der Waals surface area contributed by atoms with Crippen LogP contribution in [-0.4, -0.2) is 24.6 Å². The maximum absolute atomic E-state index is 11.3. The molecule has 17 heavy (non-hydrogen) atoms. The van der Waals surface area contributed by atoms with Crippen molar-refractivity contribution in [1.29, 1.82) is 0 Å². The lowest BCUT2D eigenvalue weighted by molar-refractivity contribution is -0.141. The molecule has 1 rings (SSSR count). The van der Waals surface area contributed by atoms with E-state index in [-0.39, 0.29) is 12.4 Å². The van der Waals surface area contributed by atoms with Crippen molar-refractivity contribution in [3.05, 3.63) is 29.3 Å². The largest absolute Gasteiger partial charge is 0.466 e. The average Bonchev–Trinajstić information content (AvgIpc) is 2.28. The molecule has 0 N–H and O–H groups in total. The first-order chi connectivity index (χ1) is 8.04. The molecule has 0 radical (unpaired) electrons. The summed E-state index contributed by atoms with van der Waals surface area (Å²) in [6.07, 6.45) is 0.103. The van der Waals surface area contributed by atoms with Crippen LogP contribution < -0.4 is 4.90 Å². The molecule has 1 aromatic carbocycles. The Labute approximate surface area is 111 Å². The highest BCUT2D eigenvalue weighted by atomic mass is 35.5. The van der Waals surface area contributed by atoms with Gasteiger partial charge in [-0.2, -0.15) is 0 Å². The molecular formula is C12H14ClNO2S. The van der Waals surface area contributed by atoms with Gasteiger partial charge in [0.15, 0.2) is 0 Å². The highest BCUT2D eigenvalue weighted by molar-refractivity contribution is 7.80. The first kappa shape index (κ1) is 13.9. The maximum atomic E-state index is 11.3. The summed E-state index contributed by atoms with van der Waals surface area (Å²) in [4.78, 5) is 13.5. The lowest BCUT2D eigenvalue weighted by atomic mass is 10.3. The molecule has 0 heterocycles. The Morgan fingerprint density at radius 3 is 2.82 bits per heavy atom. The van der Waals surface area contributed by atoms with E-state index in [1.807, 2.05) is 12.1 Å². The van der Waals surface area contributed by atoms with Crippen LogP contribution >= 0.6 is 23.8 Å². The monoisotopic (exact) mass is 271 g/mol. The van der Waals surface area contributed by atoms with E-state index in [4.69, 9.17) is 28.6 Å². The number of carbonyl (C=O) groups excluding carboxylic acids is 1. The van der Waals surface area contributed by atoms with Gasteiger partial charge in [-0.05, 0) is 25.1 Å². The molecule has 1 aromatic rings. The Kier molecular flexibility index (Phi) is 5.38. The lowest BCUT2D eigenvalue weighted by Crippen LogP contribution is -2.27. The summed E-state index contributed by atoms with van der Waals surface area (Å²) in [5.41, 5.74) is 0.854. The molecule has 0 bridgehead atoms. The molecule has 92 valence electrons. The van der Waals surface area contributed by atoms with Crippen molar-refractivity contribution in [2.75, 3.05) is 18.6 Å². The minimum absolute atomic E-state index is 0.103. The van der Waals surface area contributed by atoms with E-state index in [2.05, 4.69) is 0 Å². The van der Waals surface area contributed by atoms with Gasteiger partial charge >= 0.3 is 5.97 Å². The molecule has 0 atom stereocenters. The van der Waals surface area contributed by atoms with Gasteiger partial charge in [0.2, 0.25) is 0 Å². The van der Waals surface area contributed by atoms with Crippen LogP contribution in [0.4, 0.5) is 5.69 Å². The van der Waals surface area contributed by atoms with Gasteiger partial charge in [-0.1, -0.05) is 29.9 Å². The van der Waals surface area contributed by atoms with Crippen LogP contribution in [0.2, 0.25) is 5.02 Å². The highest BCUT2D eigenvalue weighted by Crippen LogP contribution is 2.19. The number of anilines is 1. The predicted molar refractivity (Wildman–Crippen MR) is 73.7 cm³/mol. The number of esters is 1. The number of hydrogen-bond donors (Lipinski definition) is 0. The third-order valence-corrected chi connectivity index (χ3v) is 2.82. The van der Waals surface area contributed by atoms with Crippen molar-refractivity contribution in [2.45, 2.75) is 13.3 Å². The zero-order valence-corrected chi connectivity index (χ0v) is 11.3. The quantitative estimate of drug-likeness (QED) is 0.622. The van der Waals surface area contributed by atoms with Crippen molar-refractivity contribution in [1.82, 2.24) is 0 Å². The van der Waals surface area contributed by atoms with Crippen LogP contribution in [0.1, 0.15) is 13.3 Å². The first-order valence-electron chi connectivity index (χ1n) is 5.22. The SMILES string of the molecule is CCOC(=O)CC(=S)N(C)c1cccc(Cl)c1. The number of benzene rings is 1. The van der Waals surface area contributed by atoms with Gasteiger partial charge in [-0.15, -0.1) is 0 Å². The Morgan fingerprint density at radius 1 is 1.53 bits per heavy atom. The fraction of sp³-hybridized carbons (Fsp3) is 0.333. The molecule has 0 spiro atoms. The lowest BCUT2D eigenvalue weighted by Gasteiger charge is -2.19. The van der Waals surface area contributed by atoms with Crippen LogP contribution in [0.3, 0.4) is 0 Å². The molecular weight excluding hydrogens is 258 g/mol. The van der Waals surface area contributed by atoms with Crippen molar-refractivity contribution >= 4 is 40.5 Å². The summed E-state index contributed by atoms with van der Waals surface area (Å²) in [6, 6.07) is 7.29. The summed E-state index contributed by atoms with van der Waals surface area (Å²) in [7, 11) is 1.80. The van der Waals surface area contributed by atoms with E-state index in [0.29, 0.717) is 16.6 Å². The molecule has 0 unspecified atom stereocenters. The summed E-state index contributed by atoms with van der Waals surface area (Å²) < 4.78 is 4.84. The number of nitrogens with zero attached hydrogens (tertiary/aromatic N) is 1. The Balaban J connectivity index is 2.67. The van der Waals surface area contributed by atoms with Crippen LogP contribution in [0.5, 0.6) is 0 Å². The number of halogens is 1. The van der Waals surface area contributed by atoms with Gasteiger partial charge in [0.05, 0.1) is 18.0 Å². The summed E-state index contributed by atoms with van der Waals surface area (Å²) in [5, 5.41) is 0.633. The predicted octanol–water partition coefficient (Wildman–Crippen LogP) is 3.06. The molecule has 0 aliphatic heterocycles. The zero-order valence-electron chi connectivity index (χ0n) is 9.77. The van der Waals surface area contributed by atoms with Gasteiger partial charge in [-0.25, -0.2) is 0 Å². The first-order valence-corrected chi connectivity index (χ1v) is 6.01. The van der Waals surface area contributed by atoms with Crippen molar-refractivity contribution in [3.63, 3.8) is 0 Å². The fourth-order valence-electron chi connectivity index (χ4n) is 1.28. The molecule has 0 aliphatic rings. The Bertz CT molecular complexity index is 423. The summed E-state index contributed by atoms with van der Waals surface area (Å²) >= 11 is 11.1. The molecule has 0 saturated heterocycles. The molecule has 0 aromatic heterocycles. The van der Waals surface area contributed by atoms with E-state index in [1.54, 1.807) is 31.0 Å². The molecule has 0 aliphatic carbocycles. The van der Waals surface area contributed by atoms with E-state index >= 15 is 0 Å². The van der Waals surface area contributed by atoms with Gasteiger partial charge in [-0.3, -0.25) is 4.79 Å². The fourth-order valence-corrected chi connectivity index (χ4v) is 1.69. The second-order valence-corrected chi connectivity index (χ2v) is 4.32. The van der Waals surface area contributed by atoms with Crippen LogP contribution in [0.25, 0.3) is 0 Å². The molecule has 0 amide bonds. The molecule has 5 heteroatoms. The number of rotatable bonds is 4. The van der Waals surface area contributed by atoms with Gasteiger partial charge in [0.25, 0.3) is 0 Å². The number of thiocarbonyl (C=S) groups is 1. The van der Waals surface area contributed by atoms with E-state index in [0.717, 1.165) is 5.69 Å². The van der Waals surface area contributed by atoms with Crippen LogP contribution in [0.15, 0.2) is 24.3 Å². The second kappa shape index (κ2) is 6.57. The van der Waals surface area contributed by atoms with Crippen molar-refractivity contribution < 1.29 is 9.53 Å². The Hall–Kier alpha value is -1.13. The van der Waals surface area contributed by atoms with E-state index in [1.165, 1.54) is 0 Å². The second-order valence-electron chi connectivity index (χ2n) is 3.41. The molecule has 3 nitrogen and oxygen atoms in total. The van der Waals surface area contributed by atoms with Crippen molar-refractivity contribution in [2.24, 2.45) is 0 Å². The molecule has 0 saturated carbocycles. The van der Waals surface area contributed by atoms with Crippen LogP contribution in [-0.2, 0) is 9.53 Å². The summed E-state index contributed by atoms with van der Waals surface area (Å²) in [5.74, 6) is -0.314. The smallest absolute Gasteiger partial charge is 0.312 e. The highest BCUT2D eigenvalue weighted by Gasteiger charge is 2.12. The van der Waals surface area contributed by atoms with E-state index < -0.39 is 0 Å². The zero-order chi connectivity index (χ0) is 12.8. The number of carbonyl (C=O) groups is 1. The number of ether oxygens (including phenoxy) is 1. The third-order valence-electron chi connectivity index (χ3n) is 2.17. The normalized spacial score (nSPS) is 9.82. The standard InChI is InChI=1S/C12H14ClNO2S/c1-3-16-12(15)8-11(17)14(2)10-6-4-5-9(13)7-10/h4-7H,3,8H2,1-2H3. The topological polar surface area (TPSA) is 29.5 Å². The average molecular weight is 272 g/mol. The summed E-state index contributed by atoms with van der Waals surface area (Å²) in [6.45, 7) is 2.13. The van der Waals surface area contributed by atoms with Gasteiger partial charge < -0.3 is 9.64 Å².